The average Bonchev–Trinajstić information content (AvgIpc) is 3.39. The lowest BCUT2D eigenvalue weighted by atomic mass is 10.2. The maximum atomic E-state index is 12.2. The van der Waals surface area contributed by atoms with Crippen LogP contribution in [0.5, 0.6) is 0 Å². The van der Waals surface area contributed by atoms with Crippen molar-refractivity contribution in [3.8, 4) is 22.8 Å². The number of thiazole rings is 1. The van der Waals surface area contributed by atoms with E-state index in [1.807, 2.05) is 53.9 Å². The molecule has 8 heteroatoms. The summed E-state index contributed by atoms with van der Waals surface area (Å²) in [6.45, 7) is 0. The van der Waals surface area contributed by atoms with Gasteiger partial charge in [-0.05, 0) is 24.3 Å². The van der Waals surface area contributed by atoms with Crippen molar-refractivity contribution in [1.82, 2.24) is 15.0 Å². The summed E-state index contributed by atoms with van der Waals surface area (Å²) in [5, 5.41) is 5.27. The van der Waals surface area contributed by atoms with E-state index >= 15 is 0 Å². The standard InChI is InChI=1S/C20H16N4O2S2/c25-18(24-20-23-17(12-28-20)16-8-4-5-9-21-16)13-27-11-15-10-26-19(22-15)14-6-2-1-3-7-14/h1-10,12H,11,13H2,(H,23,24,25). The lowest BCUT2D eigenvalue weighted by molar-refractivity contribution is -0.113. The van der Waals surface area contributed by atoms with E-state index in [0.717, 1.165) is 22.6 Å². The molecule has 0 atom stereocenters. The van der Waals surface area contributed by atoms with Crippen molar-refractivity contribution in [1.29, 1.82) is 0 Å². The summed E-state index contributed by atoms with van der Waals surface area (Å²) >= 11 is 2.86. The number of benzene rings is 1. The first-order valence-corrected chi connectivity index (χ1v) is 10.6. The van der Waals surface area contributed by atoms with Crippen molar-refractivity contribution in [3.63, 3.8) is 0 Å². The summed E-state index contributed by atoms with van der Waals surface area (Å²) in [5.74, 6) is 1.40. The van der Waals surface area contributed by atoms with Crippen LogP contribution in [0.4, 0.5) is 5.13 Å². The quantitative estimate of drug-likeness (QED) is 0.476. The number of nitrogens with one attached hydrogen (secondary N) is 1. The van der Waals surface area contributed by atoms with Crippen LogP contribution in [-0.4, -0.2) is 26.6 Å². The topological polar surface area (TPSA) is 80.9 Å². The molecule has 1 N–H and O–H groups in total. The van der Waals surface area contributed by atoms with Crippen molar-refractivity contribution in [2.24, 2.45) is 0 Å². The first kappa shape index (κ1) is 18.4. The van der Waals surface area contributed by atoms with E-state index in [2.05, 4.69) is 20.3 Å². The highest BCUT2D eigenvalue weighted by Crippen LogP contribution is 2.24. The summed E-state index contributed by atoms with van der Waals surface area (Å²) in [7, 11) is 0. The Balaban J connectivity index is 1.26. The van der Waals surface area contributed by atoms with Gasteiger partial charge in [-0.25, -0.2) is 9.97 Å². The fourth-order valence-corrected chi connectivity index (χ4v) is 3.88. The Morgan fingerprint density at radius 2 is 1.93 bits per heavy atom. The zero-order valence-corrected chi connectivity index (χ0v) is 16.4. The fourth-order valence-electron chi connectivity index (χ4n) is 2.45. The summed E-state index contributed by atoms with van der Waals surface area (Å²) in [6, 6.07) is 15.4. The molecule has 1 amide bonds. The smallest absolute Gasteiger partial charge is 0.236 e. The molecule has 140 valence electrons. The number of rotatable bonds is 7. The van der Waals surface area contributed by atoms with Gasteiger partial charge < -0.3 is 9.73 Å². The van der Waals surface area contributed by atoms with Gasteiger partial charge in [0.2, 0.25) is 11.8 Å². The number of carbonyl (C=O) groups is 1. The van der Waals surface area contributed by atoms with E-state index in [4.69, 9.17) is 4.42 Å². The molecule has 6 nitrogen and oxygen atoms in total. The second-order valence-corrected chi connectivity index (χ2v) is 7.65. The monoisotopic (exact) mass is 408 g/mol. The Labute approximate surface area is 170 Å². The fraction of sp³-hybridized carbons (Fsp3) is 0.100. The second kappa shape index (κ2) is 8.81. The van der Waals surface area contributed by atoms with Gasteiger partial charge in [-0.1, -0.05) is 24.3 Å². The molecule has 0 bridgehead atoms. The molecule has 0 aliphatic rings. The Kier molecular flexibility index (Phi) is 5.79. The lowest BCUT2D eigenvalue weighted by Gasteiger charge is -2.00. The Morgan fingerprint density at radius 1 is 1.07 bits per heavy atom. The minimum atomic E-state index is -0.0984. The number of anilines is 1. The number of amides is 1. The molecule has 0 aliphatic carbocycles. The van der Waals surface area contributed by atoms with Gasteiger partial charge in [0.1, 0.15) is 12.0 Å². The van der Waals surface area contributed by atoms with E-state index in [1.54, 1.807) is 12.5 Å². The lowest BCUT2D eigenvalue weighted by Crippen LogP contribution is -2.14. The van der Waals surface area contributed by atoms with E-state index in [9.17, 15) is 4.79 Å². The second-order valence-electron chi connectivity index (χ2n) is 5.80. The summed E-state index contributed by atoms with van der Waals surface area (Å²) < 4.78 is 5.51. The Hall–Kier alpha value is -2.97. The summed E-state index contributed by atoms with van der Waals surface area (Å²) in [5.41, 5.74) is 3.28. The molecule has 28 heavy (non-hydrogen) atoms. The van der Waals surface area contributed by atoms with Gasteiger partial charge in [0.15, 0.2) is 5.13 Å². The van der Waals surface area contributed by atoms with Gasteiger partial charge in [-0.3, -0.25) is 9.78 Å². The van der Waals surface area contributed by atoms with E-state index in [-0.39, 0.29) is 5.91 Å². The van der Waals surface area contributed by atoms with Gasteiger partial charge in [0, 0.05) is 22.9 Å². The third kappa shape index (κ3) is 4.65. The highest BCUT2D eigenvalue weighted by Gasteiger charge is 2.10. The van der Waals surface area contributed by atoms with Gasteiger partial charge in [-0.2, -0.15) is 0 Å². The first-order valence-electron chi connectivity index (χ1n) is 8.52. The molecular weight excluding hydrogens is 392 g/mol. The molecule has 3 heterocycles. The Morgan fingerprint density at radius 3 is 2.75 bits per heavy atom. The number of aromatic nitrogens is 3. The number of thioether (sulfide) groups is 1. The average molecular weight is 409 g/mol. The zero-order valence-electron chi connectivity index (χ0n) is 14.7. The third-order valence-electron chi connectivity index (χ3n) is 3.73. The molecule has 0 fully saturated rings. The molecule has 4 rings (SSSR count). The number of hydrogen-bond acceptors (Lipinski definition) is 7. The normalized spacial score (nSPS) is 10.7. The van der Waals surface area contributed by atoms with Crippen LogP contribution < -0.4 is 5.32 Å². The molecule has 4 aromatic rings. The van der Waals surface area contributed by atoms with Crippen molar-refractivity contribution < 1.29 is 9.21 Å². The van der Waals surface area contributed by atoms with Crippen LogP contribution in [0.2, 0.25) is 0 Å². The number of carbonyl (C=O) groups excluding carboxylic acids is 1. The SMILES string of the molecule is O=C(CSCc1coc(-c2ccccc2)n1)Nc1nc(-c2ccccn2)cs1. The van der Waals surface area contributed by atoms with Crippen LogP contribution >= 0.6 is 23.1 Å². The number of nitrogens with zero attached hydrogens (tertiary/aromatic N) is 3. The summed E-state index contributed by atoms with van der Waals surface area (Å²) in [6.07, 6.45) is 3.35. The number of hydrogen-bond donors (Lipinski definition) is 1. The molecule has 0 radical (unpaired) electrons. The minimum Gasteiger partial charge on any atom is -0.444 e. The van der Waals surface area contributed by atoms with Crippen molar-refractivity contribution in [2.45, 2.75) is 5.75 Å². The molecule has 0 saturated carbocycles. The maximum absolute atomic E-state index is 12.2. The molecule has 0 aliphatic heterocycles. The van der Waals surface area contributed by atoms with Crippen LogP contribution in [0.25, 0.3) is 22.8 Å². The molecular formula is C20H16N4O2S2. The predicted octanol–water partition coefficient (Wildman–Crippen LogP) is 4.73. The largest absolute Gasteiger partial charge is 0.444 e. The Bertz CT molecular complexity index is 1050. The molecule has 3 aromatic heterocycles. The predicted molar refractivity (Wildman–Crippen MR) is 112 cm³/mol. The number of pyridine rings is 1. The maximum Gasteiger partial charge on any atom is 0.236 e. The van der Waals surface area contributed by atoms with Crippen LogP contribution in [0.3, 0.4) is 0 Å². The third-order valence-corrected chi connectivity index (χ3v) is 5.46. The van der Waals surface area contributed by atoms with Crippen LogP contribution in [0, 0.1) is 0 Å². The van der Waals surface area contributed by atoms with Gasteiger partial charge in [-0.15, -0.1) is 23.1 Å². The van der Waals surface area contributed by atoms with Crippen LogP contribution in [0.1, 0.15) is 5.69 Å². The minimum absolute atomic E-state index is 0.0984. The number of oxazole rings is 1. The van der Waals surface area contributed by atoms with E-state index in [0.29, 0.717) is 22.5 Å². The van der Waals surface area contributed by atoms with E-state index < -0.39 is 0 Å². The highest BCUT2D eigenvalue weighted by molar-refractivity contribution is 7.99. The zero-order chi connectivity index (χ0) is 19.2. The van der Waals surface area contributed by atoms with Crippen LogP contribution in [-0.2, 0) is 10.5 Å². The van der Waals surface area contributed by atoms with Crippen molar-refractivity contribution >= 4 is 34.1 Å². The molecule has 0 spiro atoms. The van der Waals surface area contributed by atoms with Gasteiger partial charge >= 0.3 is 0 Å². The highest BCUT2D eigenvalue weighted by atomic mass is 32.2. The first-order chi connectivity index (χ1) is 13.8. The van der Waals surface area contributed by atoms with Crippen LogP contribution in [0.15, 0.2) is 70.8 Å². The molecule has 1 aromatic carbocycles. The van der Waals surface area contributed by atoms with Gasteiger partial charge in [0.05, 0.1) is 17.1 Å². The van der Waals surface area contributed by atoms with E-state index in [1.165, 1.54) is 23.1 Å². The van der Waals surface area contributed by atoms with Crippen molar-refractivity contribution in [3.05, 3.63) is 72.1 Å². The molecule has 0 unspecified atom stereocenters. The summed E-state index contributed by atoms with van der Waals surface area (Å²) in [4.78, 5) is 25.3. The van der Waals surface area contributed by atoms with Crippen molar-refractivity contribution in [2.75, 3.05) is 11.1 Å². The van der Waals surface area contributed by atoms with Gasteiger partial charge in [0.25, 0.3) is 0 Å². The molecule has 0 saturated heterocycles.